The molecule has 2 N–H and O–H groups in total. The standard InChI is InChI=1S/C18H24N2S/c1-15(2)20(14-16-8-10-17(19)11-9-16)12-13-21-18-6-4-3-5-7-18/h3-11,15H,12-14,19H2,1-2H3. The summed E-state index contributed by atoms with van der Waals surface area (Å²) in [6.07, 6.45) is 0. The third-order valence-corrected chi connectivity index (χ3v) is 4.48. The van der Waals surface area contributed by atoms with Gasteiger partial charge >= 0.3 is 0 Å². The number of rotatable bonds is 7. The number of benzene rings is 2. The van der Waals surface area contributed by atoms with Gasteiger partial charge in [-0.3, -0.25) is 4.90 Å². The highest BCUT2D eigenvalue weighted by Crippen LogP contribution is 2.18. The van der Waals surface area contributed by atoms with E-state index in [4.69, 9.17) is 5.73 Å². The summed E-state index contributed by atoms with van der Waals surface area (Å²) >= 11 is 1.92. The highest BCUT2D eigenvalue weighted by molar-refractivity contribution is 7.99. The molecule has 0 aliphatic rings. The zero-order valence-electron chi connectivity index (χ0n) is 12.8. The number of nitrogen functional groups attached to an aromatic ring is 1. The number of anilines is 1. The first-order valence-corrected chi connectivity index (χ1v) is 8.40. The Labute approximate surface area is 132 Å². The van der Waals surface area contributed by atoms with Crippen molar-refractivity contribution in [3.8, 4) is 0 Å². The van der Waals surface area contributed by atoms with Gasteiger partial charge in [-0.25, -0.2) is 0 Å². The van der Waals surface area contributed by atoms with Crippen molar-refractivity contribution < 1.29 is 0 Å². The Morgan fingerprint density at radius 2 is 1.67 bits per heavy atom. The van der Waals surface area contributed by atoms with Crippen molar-refractivity contribution in [2.24, 2.45) is 0 Å². The Morgan fingerprint density at radius 3 is 2.29 bits per heavy atom. The van der Waals surface area contributed by atoms with E-state index in [0.717, 1.165) is 24.5 Å². The van der Waals surface area contributed by atoms with Crippen LogP contribution in [-0.2, 0) is 6.54 Å². The Kier molecular flexibility index (Phi) is 6.15. The average Bonchev–Trinajstić information content (AvgIpc) is 2.49. The molecular weight excluding hydrogens is 276 g/mol. The third-order valence-electron chi connectivity index (χ3n) is 3.49. The maximum absolute atomic E-state index is 5.74. The minimum Gasteiger partial charge on any atom is -0.399 e. The summed E-state index contributed by atoms with van der Waals surface area (Å²) in [5, 5.41) is 0. The number of hydrogen-bond donors (Lipinski definition) is 1. The lowest BCUT2D eigenvalue weighted by molar-refractivity contribution is 0.227. The number of thioether (sulfide) groups is 1. The monoisotopic (exact) mass is 300 g/mol. The van der Waals surface area contributed by atoms with Gasteiger partial charge in [0.05, 0.1) is 0 Å². The summed E-state index contributed by atoms with van der Waals surface area (Å²) in [7, 11) is 0. The summed E-state index contributed by atoms with van der Waals surface area (Å²) < 4.78 is 0. The quantitative estimate of drug-likeness (QED) is 0.611. The highest BCUT2D eigenvalue weighted by atomic mass is 32.2. The fourth-order valence-electron chi connectivity index (χ4n) is 2.17. The lowest BCUT2D eigenvalue weighted by atomic mass is 10.2. The maximum atomic E-state index is 5.74. The maximum Gasteiger partial charge on any atom is 0.0314 e. The van der Waals surface area contributed by atoms with E-state index in [-0.39, 0.29) is 0 Å². The molecule has 112 valence electrons. The van der Waals surface area contributed by atoms with Crippen molar-refractivity contribution in [1.29, 1.82) is 0 Å². The second kappa shape index (κ2) is 8.11. The molecule has 0 aliphatic heterocycles. The lowest BCUT2D eigenvalue weighted by Crippen LogP contribution is -2.32. The van der Waals surface area contributed by atoms with Gasteiger partial charge in [-0.1, -0.05) is 30.3 Å². The fourth-order valence-corrected chi connectivity index (χ4v) is 3.09. The summed E-state index contributed by atoms with van der Waals surface area (Å²) in [4.78, 5) is 3.84. The van der Waals surface area contributed by atoms with Gasteiger partial charge < -0.3 is 5.73 Å². The van der Waals surface area contributed by atoms with E-state index in [9.17, 15) is 0 Å². The van der Waals surface area contributed by atoms with Crippen molar-refractivity contribution in [2.45, 2.75) is 31.3 Å². The normalized spacial score (nSPS) is 11.2. The molecule has 0 radical (unpaired) electrons. The first-order chi connectivity index (χ1) is 10.1. The van der Waals surface area contributed by atoms with Crippen LogP contribution in [0.25, 0.3) is 0 Å². The van der Waals surface area contributed by atoms with Gasteiger partial charge in [0.15, 0.2) is 0 Å². The van der Waals surface area contributed by atoms with E-state index in [0.29, 0.717) is 6.04 Å². The molecule has 3 heteroatoms. The Balaban J connectivity index is 1.86. The summed E-state index contributed by atoms with van der Waals surface area (Å²) in [5.41, 5.74) is 7.90. The third kappa shape index (κ3) is 5.44. The van der Waals surface area contributed by atoms with Crippen LogP contribution in [0.3, 0.4) is 0 Å². The topological polar surface area (TPSA) is 29.3 Å². The lowest BCUT2D eigenvalue weighted by Gasteiger charge is -2.26. The van der Waals surface area contributed by atoms with Crippen molar-refractivity contribution in [3.05, 3.63) is 60.2 Å². The first kappa shape index (κ1) is 15.9. The molecule has 0 fully saturated rings. The van der Waals surface area contributed by atoms with Gasteiger partial charge in [-0.05, 0) is 43.7 Å². The molecule has 2 aromatic rings. The summed E-state index contributed by atoms with van der Waals surface area (Å²) in [6, 6.07) is 19.3. The zero-order chi connectivity index (χ0) is 15.1. The molecule has 0 aliphatic carbocycles. The molecular formula is C18H24N2S. The van der Waals surface area contributed by atoms with Crippen LogP contribution in [0.15, 0.2) is 59.5 Å². The second-order valence-corrected chi connectivity index (χ2v) is 6.64. The largest absolute Gasteiger partial charge is 0.399 e. The second-order valence-electron chi connectivity index (χ2n) is 5.47. The van der Waals surface area contributed by atoms with Crippen LogP contribution in [-0.4, -0.2) is 23.2 Å². The molecule has 2 aromatic carbocycles. The molecule has 0 saturated heterocycles. The van der Waals surface area contributed by atoms with Crippen LogP contribution in [0.4, 0.5) is 5.69 Å². The Bertz CT molecular complexity index is 523. The van der Waals surface area contributed by atoms with Crippen LogP contribution < -0.4 is 5.73 Å². The fraction of sp³-hybridized carbons (Fsp3) is 0.333. The van der Waals surface area contributed by atoms with E-state index in [1.807, 2.05) is 23.9 Å². The van der Waals surface area contributed by atoms with E-state index in [2.05, 4.69) is 61.2 Å². The minimum absolute atomic E-state index is 0.541. The van der Waals surface area contributed by atoms with Crippen LogP contribution in [0.5, 0.6) is 0 Å². The molecule has 2 rings (SSSR count). The Hall–Kier alpha value is -1.45. The van der Waals surface area contributed by atoms with Crippen LogP contribution in [0.1, 0.15) is 19.4 Å². The Morgan fingerprint density at radius 1 is 1.00 bits per heavy atom. The first-order valence-electron chi connectivity index (χ1n) is 7.41. The van der Waals surface area contributed by atoms with E-state index >= 15 is 0 Å². The minimum atomic E-state index is 0.541. The molecule has 21 heavy (non-hydrogen) atoms. The molecule has 0 aromatic heterocycles. The smallest absolute Gasteiger partial charge is 0.0314 e. The van der Waals surface area contributed by atoms with Crippen LogP contribution in [0, 0.1) is 0 Å². The van der Waals surface area contributed by atoms with Gasteiger partial charge in [0, 0.05) is 35.5 Å². The summed E-state index contributed by atoms with van der Waals surface area (Å²) in [6.45, 7) is 6.57. The highest BCUT2D eigenvalue weighted by Gasteiger charge is 2.10. The van der Waals surface area contributed by atoms with Gasteiger partial charge in [-0.2, -0.15) is 0 Å². The van der Waals surface area contributed by atoms with Gasteiger partial charge in [0.25, 0.3) is 0 Å². The average molecular weight is 300 g/mol. The summed E-state index contributed by atoms with van der Waals surface area (Å²) in [5.74, 6) is 1.11. The van der Waals surface area contributed by atoms with E-state index < -0.39 is 0 Å². The number of nitrogens with zero attached hydrogens (tertiary/aromatic N) is 1. The van der Waals surface area contributed by atoms with Crippen molar-refractivity contribution >= 4 is 17.4 Å². The molecule has 0 amide bonds. The van der Waals surface area contributed by atoms with Gasteiger partial charge in [0.1, 0.15) is 0 Å². The number of nitrogens with two attached hydrogens (primary N) is 1. The zero-order valence-corrected chi connectivity index (χ0v) is 13.6. The van der Waals surface area contributed by atoms with Gasteiger partial charge in [-0.15, -0.1) is 11.8 Å². The predicted molar refractivity (Wildman–Crippen MR) is 93.6 cm³/mol. The molecule has 0 heterocycles. The van der Waals surface area contributed by atoms with Crippen molar-refractivity contribution in [2.75, 3.05) is 18.0 Å². The molecule has 0 spiro atoms. The number of hydrogen-bond acceptors (Lipinski definition) is 3. The van der Waals surface area contributed by atoms with Crippen molar-refractivity contribution in [3.63, 3.8) is 0 Å². The van der Waals surface area contributed by atoms with Gasteiger partial charge in [0.2, 0.25) is 0 Å². The molecule has 0 bridgehead atoms. The van der Waals surface area contributed by atoms with E-state index in [1.54, 1.807) is 0 Å². The predicted octanol–water partition coefficient (Wildman–Crippen LogP) is 4.27. The SMILES string of the molecule is CC(C)N(CCSc1ccccc1)Cc1ccc(N)cc1. The van der Waals surface area contributed by atoms with Crippen LogP contribution >= 0.6 is 11.8 Å². The molecule has 0 saturated carbocycles. The van der Waals surface area contributed by atoms with E-state index in [1.165, 1.54) is 10.5 Å². The molecule has 0 unspecified atom stereocenters. The molecule has 0 atom stereocenters. The molecule has 2 nitrogen and oxygen atoms in total. The van der Waals surface area contributed by atoms with Crippen molar-refractivity contribution in [1.82, 2.24) is 4.90 Å². The van der Waals surface area contributed by atoms with Crippen LogP contribution in [0.2, 0.25) is 0 Å².